The second-order valence-corrected chi connectivity index (χ2v) is 4.82. The van der Waals surface area contributed by atoms with Crippen molar-refractivity contribution in [3.63, 3.8) is 0 Å². The van der Waals surface area contributed by atoms with E-state index in [-0.39, 0.29) is 23.1 Å². The number of nitrogens with one attached hydrogen (secondary N) is 1. The maximum absolute atomic E-state index is 11.0. The zero-order chi connectivity index (χ0) is 14.7. The third-order valence-corrected chi connectivity index (χ3v) is 3.46. The minimum absolute atomic E-state index is 0.201. The van der Waals surface area contributed by atoms with Gasteiger partial charge in [0.25, 0.3) is 11.4 Å². The average Bonchev–Trinajstić information content (AvgIpc) is 2.41. The highest BCUT2D eigenvalue weighted by Gasteiger charge is 2.26. The minimum atomic E-state index is -0.674. The maximum Gasteiger partial charge on any atom is 0.299 e. The normalized spacial score (nSPS) is 22.2. The number of nitro benzene ring substituents is 2. The van der Waals surface area contributed by atoms with Crippen molar-refractivity contribution in [2.24, 2.45) is 0 Å². The lowest BCUT2D eigenvalue weighted by molar-refractivity contribution is -0.393. The number of hydrogen-bond acceptors (Lipinski definition) is 6. The summed E-state index contributed by atoms with van der Waals surface area (Å²) >= 11 is 0. The first kappa shape index (κ1) is 14.2. The fourth-order valence-electron chi connectivity index (χ4n) is 2.39. The quantitative estimate of drug-likeness (QED) is 0.645. The Morgan fingerprint density at radius 1 is 1.15 bits per heavy atom. The Hall–Kier alpha value is -2.22. The molecular formula is C12H15N3O5. The lowest BCUT2D eigenvalue weighted by atomic mass is 9.92. The summed E-state index contributed by atoms with van der Waals surface area (Å²) < 4.78 is 0. The van der Waals surface area contributed by atoms with E-state index in [0.717, 1.165) is 25.3 Å². The summed E-state index contributed by atoms with van der Waals surface area (Å²) in [6.07, 6.45) is 2.68. The highest BCUT2D eigenvalue weighted by molar-refractivity contribution is 5.65. The molecule has 1 aliphatic carbocycles. The van der Waals surface area contributed by atoms with Gasteiger partial charge in [-0.2, -0.15) is 0 Å². The average molecular weight is 281 g/mol. The number of hydrogen-bond donors (Lipinski definition) is 2. The predicted molar refractivity (Wildman–Crippen MR) is 71.6 cm³/mol. The number of nitrogens with zero attached hydrogens (tertiary/aromatic N) is 2. The summed E-state index contributed by atoms with van der Waals surface area (Å²) in [7, 11) is 0. The summed E-state index contributed by atoms with van der Waals surface area (Å²) in [6, 6.07) is 3.20. The summed E-state index contributed by atoms with van der Waals surface area (Å²) in [6.45, 7) is 0. The fourth-order valence-corrected chi connectivity index (χ4v) is 2.39. The van der Waals surface area contributed by atoms with Crippen LogP contribution in [0.25, 0.3) is 0 Å². The van der Waals surface area contributed by atoms with Crippen molar-refractivity contribution in [1.82, 2.24) is 0 Å². The van der Waals surface area contributed by atoms with Gasteiger partial charge in [0, 0.05) is 6.07 Å². The van der Waals surface area contributed by atoms with E-state index in [4.69, 9.17) is 0 Å². The summed E-state index contributed by atoms with van der Waals surface area (Å²) in [4.78, 5) is 20.3. The van der Waals surface area contributed by atoms with E-state index in [1.54, 1.807) is 0 Å². The van der Waals surface area contributed by atoms with Crippen molar-refractivity contribution in [3.05, 3.63) is 38.4 Å². The number of nitro groups is 2. The second kappa shape index (κ2) is 5.83. The molecule has 0 saturated heterocycles. The third-order valence-electron chi connectivity index (χ3n) is 3.46. The smallest absolute Gasteiger partial charge is 0.299 e. The van der Waals surface area contributed by atoms with Crippen LogP contribution in [0, 0.1) is 20.2 Å². The van der Waals surface area contributed by atoms with Gasteiger partial charge in [0.2, 0.25) is 0 Å². The monoisotopic (exact) mass is 281 g/mol. The first-order valence-electron chi connectivity index (χ1n) is 6.36. The van der Waals surface area contributed by atoms with Crippen LogP contribution in [0.2, 0.25) is 0 Å². The first-order chi connectivity index (χ1) is 9.49. The minimum Gasteiger partial charge on any atom is -0.391 e. The van der Waals surface area contributed by atoms with Crippen molar-refractivity contribution in [1.29, 1.82) is 0 Å². The Labute approximate surface area is 114 Å². The first-order valence-corrected chi connectivity index (χ1v) is 6.36. The van der Waals surface area contributed by atoms with Crippen LogP contribution < -0.4 is 5.32 Å². The van der Waals surface area contributed by atoms with Crippen LogP contribution in [0.4, 0.5) is 17.1 Å². The Morgan fingerprint density at radius 2 is 1.85 bits per heavy atom. The van der Waals surface area contributed by atoms with Gasteiger partial charge in [0.15, 0.2) is 0 Å². The summed E-state index contributed by atoms with van der Waals surface area (Å²) in [5.74, 6) is 0. The maximum atomic E-state index is 11.0. The van der Waals surface area contributed by atoms with Gasteiger partial charge in [0.05, 0.1) is 28.1 Å². The molecule has 1 saturated carbocycles. The second-order valence-electron chi connectivity index (χ2n) is 4.82. The number of aliphatic hydroxyl groups excluding tert-OH is 1. The summed E-state index contributed by atoms with van der Waals surface area (Å²) in [5.41, 5.74) is -0.477. The van der Waals surface area contributed by atoms with Gasteiger partial charge < -0.3 is 10.4 Å². The van der Waals surface area contributed by atoms with Crippen LogP contribution in [-0.2, 0) is 0 Å². The Balaban J connectivity index is 2.26. The van der Waals surface area contributed by atoms with Gasteiger partial charge in [0.1, 0.15) is 5.69 Å². The van der Waals surface area contributed by atoms with E-state index >= 15 is 0 Å². The van der Waals surface area contributed by atoms with Crippen LogP contribution >= 0.6 is 0 Å². The Kier molecular flexibility index (Phi) is 4.14. The third kappa shape index (κ3) is 3.02. The van der Waals surface area contributed by atoms with Gasteiger partial charge in [-0.1, -0.05) is 12.8 Å². The molecule has 0 unspecified atom stereocenters. The highest BCUT2D eigenvalue weighted by Crippen LogP contribution is 2.31. The van der Waals surface area contributed by atoms with E-state index in [0.29, 0.717) is 6.42 Å². The molecule has 0 aromatic heterocycles. The molecule has 0 aliphatic heterocycles. The molecule has 1 aromatic rings. The summed E-state index contributed by atoms with van der Waals surface area (Å²) in [5, 5.41) is 34.4. The highest BCUT2D eigenvalue weighted by atomic mass is 16.6. The Bertz CT molecular complexity index is 534. The number of aliphatic hydroxyl groups is 1. The van der Waals surface area contributed by atoms with Crippen molar-refractivity contribution in [2.75, 3.05) is 5.32 Å². The van der Waals surface area contributed by atoms with Crippen molar-refractivity contribution in [2.45, 2.75) is 37.8 Å². The molecular weight excluding hydrogens is 266 g/mol. The van der Waals surface area contributed by atoms with Gasteiger partial charge in [-0.15, -0.1) is 0 Å². The van der Waals surface area contributed by atoms with E-state index in [9.17, 15) is 25.3 Å². The molecule has 0 bridgehead atoms. The predicted octanol–water partition coefficient (Wildman–Crippen LogP) is 2.22. The molecule has 1 fully saturated rings. The molecule has 8 heteroatoms. The molecule has 0 spiro atoms. The topological polar surface area (TPSA) is 119 Å². The SMILES string of the molecule is O=[N+]([O-])c1ccc(N[C@H]2CCCC[C@@H]2O)c([N+](=O)[O-])c1. The molecule has 2 rings (SSSR count). The van der Waals surface area contributed by atoms with Crippen LogP contribution in [-0.4, -0.2) is 27.1 Å². The molecule has 8 nitrogen and oxygen atoms in total. The number of benzene rings is 1. The molecule has 0 heterocycles. The van der Waals surface area contributed by atoms with E-state index in [1.807, 2.05) is 0 Å². The van der Waals surface area contributed by atoms with Crippen molar-refractivity contribution >= 4 is 17.1 Å². The molecule has 2 atom stereocenters. The van der Waals surface area contributed by atoms with Crippen molar-refractivity contribution < 1.29 is 15.0 Å². The van der Waals surface area contributed by atoms with Gasteiger partial charge in [-0.25, -0.2) is 0 Å². The van der Waals surface area contributed by atoms with Gasteiger partial charge >= 0.3 is 0 Å². The molecule has 108 valence electrons. The van der Waals surface area contributed by atoms with Crippen LogP contribution in [0.3, 0.4) is 0 Å². The van der Waals surface area contributed by atoms with E-state index < -0.39 is 16.0 Å². The number of anilines is 1. The molecule has 0 radical (unpaired) electrons. The van der Waals surface area contributed by atoms with Crippen LogP contribution in [0.15, 0.2) is 18.2 Å². The molecule has 2 N–H and O–H groups in total. The van der Waals surface area contributed by atoms with Crippen LogP contribution in [0.5, 0.6) is 0 Å². The van der Waals surface area contributed by atoms with Crippen LogP contribution in [0.1, 0.15) is 25.7 Å². The van der Waals surface area contributed by atoms with Gasteiger partial charge in [-0.3, -0.25) is 20.2 Å². The van der Waals surface area contributed by atoms with Crippen molar-refractivity contribution in [3.8, 4) is 0 Å². The largest absolute Gasteiger partial charge is 0.391 e. The van der Waals surface area contributed by atoms with E-state index in [2.05, 4.69) is 5.32 Å². The molecule has 20 heavy (non-hydrogen) atoms. The number of non-ortho nitro benzene ring substituents is 1. The zero-order valence-corrected chi connectivity index (χ0v) is 10.7. The zero-order valence-electron chi connectivity index (χ0n) is 10.7. The van der Waals surface area contributed by atoms with Gasteiger partial charge in [-0.05, 0) is 18.9 Å². The molecule has 0 amide bonds. The lowest BCUT2D eigenvalue weighted by Gasteiger charge is -2.28. The Morgan fingerprint density at radius 3 is 2.45 bits per heavy atom. The van der Waals surface area contributed by atoms with E-state index in [1.165, 1.54) is 12.1 Å². The lowest BCUT2D eigenvalue weighted by Crippen LogP contribution is -2.36. The number of rotatable bonds is 4. The molecule has 1 aromatic carbocycles. The fraction of sp³-hybridized carbons (Fsp3) is 0.500. The molecule has 1 aliphatic rings. The standard InChI is InChI=1S/C12H15N3O5/c16-12-4-2-1-3-10(12)13-9-6-5-8(14(17)18)7-11(9)15(19)20/h5-7,10,12-13,16H,1-4H2/t10-,12-/m0/s1.